The van der Waals surface area contributed by atoms with Crippen LogP contribution in [0, 0.1) is 11.6 Å². The largest absolute Gasteiger partial charge is 0.494 e. The predicted octanol–water partition coefficient (Wildman–Crippen LogP) is 5.07. The van der Waals surface area contributed by atoms with Gasteiger partial charge in [0.25, 0.3) is 17.7 Å². The molecule has 0 spiro atoms. The van der Waals surface area contributed by atoms with Crippen LogP contribution >= 0.6 is 0 Å². The molecule has 3 aliphatic heterocycles. The second-order valence-corrected chi connectivity index (χ2v) is 12.8. The summed E-state index contributed by atoms with van der Waals surface area (Å²) >= 11 is 0. The molecule has 5 aromatic rings. The number of rotatable bonds is 4. The minimum atomic E-state index is -0.784. The molecule has 0 saturated carbocycles. The number of halogens is 2. The molecule has 4 aromatic carbocycles. The first-order valence-electron chi connectivity index (χ1n) is 16.7. The lowest BCUT2D eigenvalue weighted by molar-refractivity contribution is -0.123. The third-order valence-corrected chi connectivity index (χ3v) is 9.04. The summed E-state index contributed by atoms with van der Waals surface area (Å²) in [6.45, 7) is 0.0520. The van der Waals surface area contributed by atoms with Gasteiger partial charge < -0.3 is 39.2 Å². The first-order chi connectivity index (χ1) is 25.6. The first kappa shape index (κ1) is 35.0. The van der Waals surface area contributed by atoms with Crippen LogP contribution in [0.25, 0.3) is 22.5 Å². The molecule has 272 valence electrons. The van der Waals surface area contributed by atoms with Gasteiger partial charge in [0.05, 0.1) is 25.3 Å². The molecule has 1 saturated heterocycles. The Balaban J connectivity index is 1.24. The van der Waals surface area contributed by atoms with Crippen LogP contribution < -0.4 is 29.7 Å². The number of ether oxygens (including phenoxy) is 3. The molecule has 3 amide bonds. The summed E-state index contributed by atoms with van der Waals surface area (Å²) in [5.74, 6) is -1.67. The number of nitrogens with one attached hydrogen (secondary N) is 2. The number of carbonyl (C=O) groups excluding carboxylic acids is 3. The summed E-state index contributed by atoms with van der Waals surface area (Å²) in [5.41, 5.74) is 2.26. The van der Waals surface area contributed by atoms with Crippen molar-refractivity contribution in [1.82, 2.24) is 20.7 Å². The fourth-order valence-corrected chi connectivity index (χ4v) is 6.29. The molecule has 6 bridgehead atoms. The topological polar surface area (TPSA) is 135 Å². The van der Waals surface area contributed by atoms with Crippen LogP contribution in [-0.4, -0.2) is 80.8 Å². The maximum absolute atomic E-state index is 15.3. The molecule has 0 unspecified atom stereocenters. The summed E-state index contributed by atoms with van der Waals surface area (Å²) in [5, 5.41) is 9.88. The van der Waals surface area contributed by atoms with Gasteiger partial charge in [0, 0.05) is 32.7 Å². The predicted molar refractivity (Wildman–Crippen MR) is 190 cm³/mol. The van der Waals surface area contributed by atoms with Crippen molar-refractivity contribution < 1.29 is 41.9 Å². The van der Waals surface area contributed by atoms with E-state index in [0.717, 1.165) is 5.56 Å². The van der Waals surface area contributed by atoms with E-state index in [1.54, 1.807) is 73.6 Å². The van der Waals surface area contributed by atoms with Crippen LogP contribution in [0.1, 0.15) is 26.3 Å². The van der Waals surface area contributed by atoms with Crippen LogP contribution in [-0.2, 0) is 11.3 Å². The van der Waals surface area contributed by atoms with Crippen molar-refractivity contribution in [3.05, 3.63) is 113 Å². The van der Waals surface area contributed by atoms with Crippen molar-refractivity contribution in [3.8, 4) is 39.7 Å². The molecule has 14 heteroatoms. The zero-order chi connectivity index (χ0) is 37.2. The summed E-state index contributed by atoms with van der Waals surface area (Å²) < 4.78 is 52.5. The van der Waals surface area contributed by atoms with Gasteiger partial charge in [0.1, 0.15) is 29.0 Å². The van der Waals surface area contributed by atoms with Crippen molar-refractivity contribution >= 4 is 23.5 Å². The van der Waals surface area contributed by atoms with E-state index in [4.69, 9.17) is 18.7 Å². The number of aromatic nitrogens is 1. The fourth-order valence-electron chi connectivity index (χ4n) is 6.29. The maximum atomic E-state index is 15.3. The van der Waals surface area contributed by atoms with Gasteiger partial charge in [-0.15, -0.1) is 0 Å². The molecule has 3 aliphatic rings. The van der Waals surface area contributed by atoms with Gasteiger partial charge in [0.15, 0.2) is 29.8 Å². The minimum absolute atomic E-state index is 0.00965. The van der Waals surface area contributed by atoms with Gasteiger partial charge in [-0.1, -0.05) is 35.5 Å². The Morgan fingerprint density at radius 2 is 1.66 bits per heavy atom. The van der Waals surface area contributed by atoms with E-state index in [9.17, 15) is 18.8 Å². The van der Waals surface area contributed by atoms with E-state index in [2.05, 4.69) is 15.8 Å². The second-order valence-electron chi connectivity index (χ2n) is 12.8. The molecular weight excluding hydrogens is 688 g/mol. The normalized spacial score (nSPS) is 17.2. The summed E-state index contributed by atoms with van der Waals surface area (Å²) in [7, 11) is 4.74. The lowest BCUT2D eigenvalue weighted by Crippen LogP contribution is -2.45. The molecule has 4 heterocycles. The fraction of sp³-hybridized carbons (Fsp3) is 0.231. The highest BCUT2D eigenvalue weighted by Gasteiger charge is 2.41. The first-order valence-corrected chi connectivity index (χ1v) is 16.7. The second kappa shape index (κ2) is 14.7. The third-order valence-electron chi connectivity index (χ3n) is 9.04. The molecule has 1 aromatic heterocycles. The maximum Gasteiger partial charge on any atom is 0.261 e. The van der Waals surface area contributed by atoms with E-state index in [0.29, 0.717) is 28.2 Å². The molecule has 12 nitrogen and oxygen atoms in total. The molecule has 0 aliphatic carbocycles. The average molecular weight is 724 g/mol. The highest BCUT2D eigenvalue weighted by atomic mass is 19.1. The molecule has 2 N–H and O–H groups in total. The summed E-state index contributed by atoms with van der Waals surface area (Å²) in [6, 6.07) is 21.4. The number of nitrogens with zero attached hydrogens (tertiary/aromatic N) is 3. The van der Waals surface area contributed by atoms with Crippen LogP contribution in [0.15, 0.2) is 89.5 Å². The van der Waals surface area contributed by atoms with E-state index >= 15 is 4.39 Å². The number of likely N-dealkylation sites (tertiary alicyclic amines) is 1. The molecule has 2 atom stereocenters. The lowest BCUT2D eigenvalue weighted by atomic mass is 10.0. The lowest BCUT2D eigenvalue weighted by Gasteiger charge is -2.21. The smallest absolute Gasteiger partial charge is 0.261 e. The number of benzene rings is 4. The van der Waals surface area contributed by atoms with Crippen molar-refractivity contribution in [2.75, 3.05) is 45.8 Å². The Bertz CT molecular complexity index is 2190. The number of anilines is 1. The van der Waals surface area contributed by atoms with Gasteiger partial charge in [-0.05, 0) is 71.3 Å². The van der Waals surface area contributed by atoms with E-state index in [1.165, 1.54) is 42.3 Å². The third kappa shape index (κ3) is 7.34. The monoisotopic (exact) mass is 723 g/mol. The number of amides is 3. The Morgan fingerprint density at radius 3 is 2.43 bits per heavy atom. The van der Waals surface area contributed by atoms with Gasteiger partial charge in [-0.3, -0.25) is 14.4 Å². The van der Waals surface area contributed by atoms with Crippen LogP contribution in [0.3, 0.4) is 0 Å². The van der Waals surface area contributed by atoms with E-state index in [1.807, 2.05) is 0 Å². The Kier molecular flexibility index (Phi) is 9.68. The number of hydrogen-bond acceptors (Lipinski definition) is 9. The van der Waals surface area contributed by atoms with Gasteiger partial charge in [-0.25, -0.2) is 8.78 Å². The Hall–Kier alpha value is -6.44. The summed E-state index contributed by atoms with van der Waals surface area (Å²) in [4.78, 5) is 43.9. The SMILES string of the molecule is COc1cc(-c2onc(N(C)C)c2C(=O)N2C[C@@H]3NC(=O)c4cc(ccc4F)-c4cccc(c4)OCC(=O)NCc4ccc(cc4)O[C@H]3C2)ccc1F. The quantitative estimate of drug-likeness (QED) is 0.261. The van der Waals surface area contributed by atoms with Crippen LogP contribution in [0.4, 0.5) is 14.6 Å². The number of methoxy groups -OCH3 is 1. The molecule has 1 fully saturated rings. The number of carbonyl (C=O) groups is 3. The zero-order valence-corrected chi connectivity index (χ0v) is 29.0. The van der Waals surface area contributed by atoms with Crippen molar-refractivity contribution in [1.29, 1.82) is 0 Å². The van der Waals surface area contributed by atoms with Crippen LogP contribution in [0.5, 0.6) is 17.2 Å². The van der Waals surface area contributed by atoms with Gasteiger partial charge in [0.2, 0.25) is 0 Å². The highest BCUT2D eigenvalue weighted by Crippen LogP contribution is 2.35. The summed E-state index contributed by atoms with van der Waals surface area (Å²) in [6.07, 6.45) is -0.767. The standard InChI is InChI=1S/C39H35F2N5O7/c1-45(2)37-35(36(53-44-37)25-10-14-30(41)32(17-25)50-3)39(49)46-19-31-33(20-46)52-26-11-7-22(8-12-26)18-42-34(47)21-51-27-6-4-5-23(15-27)24-9-13-29(40)28(16-24)38(48)43-31/h4-17,31,33H,18-21H2,1-3H3,(H,42,47)(H,43,48)/t31-,33-/m0/s1. The average Bonchev–Trinajstić information content (AvgIpc) is 3.78. The number of hydrogen-bond donors (Lipinski definition) is 2. The number of fused-ring (bicyclic) bond motifs is 7. The van der Waals surface area contributed by atoms with Gasteiger partial charge in [-0.2, -0.15) is 0 Å². The molecular formula is C39H35F2N5O7. The van der Waals surface area contributed by atoms with Gasteiger partial charge >= 0.3 is 0 Å². The van der Waals surface area contributed by atoms with Crippen molar-refractivity contribution in [2.24, 2.45) is 0 Å². The Labute approximate surface area is 303 Å². The minimum Gasteiger partial charge on any atom is -0.494 e. The molecule has 8 rings (SSSR count). The van der Waals surface area contributed by atoms with E-state index in [-0.39, 0.29) is 60.6 Å². The molecule has 53 heavy (non-hydrogen) atoms. The van der Waals surface area contributed by atoms with E-state index < -0.39 is 35.6 Å². The zero-order valence-electron chi connectivity index (χ0n) is 29.0. The Morgan fingerprint density at radius 1 is 0.906 bits per heavy atom. The van der Waals surface area contributed by atoms with Crippen molar-refractivity contribution in [3.63, 3.8) is 0 Å². The highest BCUT2D eigenvalue weighted by molar-refractivity contribution is 6.04. The van der Waals surface area contributed by atoms with Crippen molar-refractivity contribution in [2.45, 2.75) is 18.7 Å². The van der Waals surface area contributed by atoms with Crippen LogP contribution in [0.2, 0.25) is 0 Å². The molecule has 0 radical (unpaired) electrons.